The van der Waals surface area contributed by atoms with E-state index in [4.69, 9.17) is 0 Å². The van der Waals surface area contributed by atoms with E-state index in [0.717, 1.165) is 0 Å². The second-order valence-corrected chi connectivity index (χ2v) is 13.0. The first-order valence-electron chi connectivity index (χ1n) is 6.04. The lowest BCUT2D eigenvalue weighted by atomic mass is 10.4. The van der Waals surface area contributed by atoms with Gasteiger partial charge in [0.25, 0.3) is 0 Å². The van der Waals surface area contributed by atoms with Crippen molar-refractivity contribution in [1.82, 2.24) is 0 Å². The van der Waals surface area contributed by atoms with Crippen LogP contribution in [0.1, 0.15) is 41.5 Å². The summed E-state index contributed by atoms with van der Waals surface area (Å²) in [5, 5.41) is 0. The van der Waals surface area contributed by atoms with E-state index in [9.17, 15) is 0 Å². The van der Waals surface area contributed by atoms with Gasteiger partial charge in [-0.05, 0) is 63.5 Å². The van der Waals surface area contributed by atoms with Gasteiger partial charge >= 0.3 is 0 Å². The Bertz CT molecular complexity index is 410. The molecule has 0 atom stereocenters. The summed E-state index contributed by atoms with van der Waals surface area (Å²) in [5.74, 6) is 0. The van der Waals surface area contributed by atoms with E-state index in [-0.39, 0.29) is 8.16 Å². The summed E-state index contributed by atoms with van der Waals surface area (Å²) in [4.78, 5) is 5.72. The highest BCUT2D eigenvalue weighted by Crippen LogP contribution is 2.56. The maximum atomic E-state index is 2.35. The fraction of sp³-hybridized carbons (Fsp3) is 0.571. The van der Waals surface area contributed by atoms with E-state index in [1.807, 2.05) is 47.0 Å². The van der Waals surface area contributed by atoms with Crippen molar-refractivity contribution in [1.29, 1.82) is 0 Å². The summed E-state index contributed by atoms with van der Waals surface area (Å²) < 4.78 is 0.496. The number of rotatable bonds is 0. The second kappa shape index (κ2) is 5.19. The van der Waals surface area contributed by atoms with Crippen molar-refractivity contribution < 1.29 is 0 Å². The number of thioether (sulfide) groups is 4. The van der Waals surface area contributed by atoms with Gasteiger partial charge in [0.1, 0.15) is 0 Å². The smallest absolute Gasteiger partial charge is 0.0646 e. The van der Waals surface area contributed by atoms with Gasteiger partial charge in [-0.2, -0.15) is 0 Å². The van der Waals surface area contributed by atoms with Crippen molar-refractivity contribution in [3.63, 3.8) is 0 Å². The molecule has 0 unspecified atom stereocenters. The highest BCUT2D eigenvalue weighted by atomic mass is 32.2. The van der Waals surface area contributed by atoms with E-state index in [1.165, 1.54) is 19.6 Å². The Morgan fingerprint density at radius 3 is 1.28 bits per heavy atom. The van der Waals surface area contributed by atoms with E-state index in [1.54, 1.807) is 0 Å². The average molecular weight is 317 g/mol. The maximum Gasteiger partial charge on any atom is 0.0646 e. The van der Waals surface area contributed by atoms with Gasteiger partial charge in [-0.15, -0.1) is 47.0 Å². The van der Waals surface area contributed by atoms with Gasteiger partial charge in [-0.1, -0.05) is 0 Å². The predicted octanol–water partition coefficient (Wildman–Crippen LogP) is 6.44. The standard InChI is InChI=1S/C14H20S4/c1-9-7-11(17-13(3,4)15-9)12-8-10(2)16-14(5,6)18-12/h7-8H,1-6H3/b12-11+. The molecule has 0 N–H and O–H groups in total. The molecule has 0 fully saturated rings. The van der Waals surface area contributed by atoms with Crippen LogP contribution in [-0.2, 0) is 0 Å². The first kappa shape index (κ1) is 15.0. The van der Waals surface area contributed by atoms with Crippen LogP contribution in [0, 0.1) is 0 Å². The molecule has 0 aliphatic carbocycles. The van der Waals surface area contributed by atoms with Crippen molar-refractivity contribution >= 4 is 47.0 Å². The van der Waals surface area contributed by atoms with Gasteiger partial charge < -0.3 is 0 Å². The molecule has 0 spiro atoms. The molecular formula is C14H20S4. The topological polar surface area (TPSA) is 0 Å². The van der Waals surface area contributed by atoms with Gasteiger partial charge in [-0.25, -0.2) is 0 Å². The Hall–Kier alpha value is 0.620. The molecule has 0 saturated heterocycles. The van der Waals surface area contributed by atoms with Crippen LogP contribution in [0.3, 0.4) is 0 Å². The van der Waals surface area contributed by atoms with Crippen LogP contribution < -0.4 is 0 Å². The van der Waals surface area contributed by atoms with Crippen molar-refractivity contribution in [2.75, 3.05) is 0 Å². The Morgan fingerprint density at radius 2 is 1.00 bits per heavy atom. The van der Waals surface area contributed by atoms with Crippen LogP contribution in [-0.4, -0.2) is 8.16 Å². The zero-order chi connectivity index (χ0) is 13.6. The highest BCUT2D eigenvalue weighted by molar-refractivity contribution is 8.24. The number of hydrogen-bond acceptors (Lipinski definition) is 4. The molecule has 2 aliphatic rings. The third kappa shape index (κ3) is 3.81. The number of hydrogen-bond donors (Lipinski definition) is 0. The molecule has 0 bridgehead atoms. The molecule has 2 aliphatic heterocycles. The minimum atomic E-state index is 0.248. The van der Waals surface area contributed by atoms with Crippen LogP contribution in [0.25, 0.3) is 0 Å². The van der Waals surface area contributed by atoms with Gasteiger partial charge in [0.05, 0.1) is 8.16 Å². The summed E-state index contributed by atoms with van der Waals surface area (Å²) in [7, 11) is 0. The van der Waals surface area contributed by atoms with Gasteiger partial charge in [0, 0.05) is 9.81 Å². The van der Waals surface area contributed by atoms with Gasteiger partial charge in [0.15, 0.2) is 0 Å². The Labute approximate surface area is 128 Å². The minimum absolute atomic E-state index is 0.248. The normalized spacial score (nSPS) is 30.8. The molecule has 2 heterocycles. The third-order valence-electron chi connectivity index (χ3n) is 2.44. The van der Waals surface area contributed by atoms with Crippen LogP contribution in [0.15, 0.2) is 31.8 Å². The van der Waals surface area contributed by atoms with Crippen molar-refractivity contribution in [2.45, 2.75) is 49.7 Å². The number of allylic oxidation sites excluding steroid dienone is 4. The molecule has 0 aromatic rings. The van der Waals surface area contributed by atoms with Crippen LogP contribution in [0.5, 0.6) is 0 Å². The zero-order valence-corrected chi connectivity index (χ0v) is 15.1. The van der Waals surface area contributed by atoms with Crippen molar-refractivity contribution in [2.24, 2.45) is 0 Å². The van der Waals surface area contributed by atoms with Gasteiger partial charge in [-0.3, -0.25) is 0 Å². The summed E-state index contributed by atoms with van der Waals surface area (Å²) >= 11 is 7.92. The third-order valence-corrected chi connectivity index (χ3v) is 7.53. The molecule has 2 rings (SSSR count). The van der Waals surface area contributed by atoms with Gasteiger partial charge in [0.2, 0.25) is 0 Å². The molecular weight excluding hydrogens is 296 g/mol. The molecule has 0 amide bonds. The van der Waals surface area contributed by atoms with Crippen molar-refractivity contribution in [3.05, 3.63) is 31.8 Å². The SMILES string of the molecule is CC1=C/C(=C2/C=C(C)SC(C)(C)S2)SC(C)(C)S1. The fourth-order valence-electron chi connectivity index (χ4n) is 2.08. The molecule has 18 heavy (non-hydrogen) atoms. The monoisotopic (exact) mass is 316 g/mol. The summed E-state index contributed by atoms with van der Waals surface area (Å²) in [6.07, 6.45) is 4.69. The van der Waals surface area contributed by atoms with Crippen molar-refractivity contribution in [3.8, 4) is 0 Å². The van der Waals surface area contributed by atoms with Crippen LogP contribution in [0.4, 0.5) is 0 Å². The lowest BCUT2D eigenvalue weighted by Crippen LogP contribution is -2.15. The van der Waals surface area contributed by atoms with Crippen LogP contribution in [0.2, 0.25) is 0 Å². The molecule has 0 nitrogen and oxygen atoms in total. The fourth-order valence-corrected chi connectivity index (χ4v) is 7.89. The summed E-state index contributed by atoms with van der Waals surface area (Å²) in [6.45, 7) is 13.7. The highest BCUT2D eigenvalue weighted by Gasteiger charge is 2.31. The lowest BCUT2D eigenvalue weighted by molar-refractivity contribution is 1.03. The van der Waals surface area contributed by atoms with Crippen LogP contribution >= 0.6 is 47.0 Å². The quantitative estimate of drug-likeness (QED) is 0.504. The summed E-state index contributed by atoms with van der Waals surface area (Å²) in [6, 6.07) is 0. The molecule has 0 aromatic carbocycles. The summed E-state index contributed by atoms with van der Waals surface area (Å²) in [5.41, 5.74) is 0. The Morgan fingerprint density at radius 1 is 0.667 bits per heavy atom. The first-order chi connectivity index (χ1) is 8.17. The molecule has 100 valence electrons. The van der Waals surface area contributed by atoms with E-state index < -0.39 is 0 Å². The minimum Gasteiger partial charge on any atom is -0.113 e. The average Bonchev–Trinajstić information content (AvgIpc) is 2.10. The molecule has 0 radical (unpaired) electrons. The predicted molar refractivity (Wildman–Crippen MR) is 93.1 cm³/mol. The second-order valence-electron chi connectivity index (χ2n) is 5.45. The molecule has 4 heteroatoms. The van der Waals surface area contributed by atoms with E-state index >= 15 is 0 Å². The van der Waals surface area contributed by atoms with E-state index in [2.05, 4.69) is 53.7 Å². The Balaban J connectivity index is 2.42. The lowest BCUT2D eigenvalue weighted by Gasteiger charge is -2.33. The largest absolute Gasteiger partial charge is 0.113 e. The first-order valence-corrected chi connectivity index (χ1v) is 9.30. The Kier molecular flexibility index (Phi) is 4.33. The van der Waals surface area contributed by atoms with E-state index in [0.29, 0.717) is 0 Å². The molecule has 0 saturated carbocycles. The zero-order valence-electron chi connectivity index (χ0n) is 11.8. The maximum absolute atomic E-state index is 2.35. The molecule has 0 aromatic heterocycles.